The Morgan fingerprint density at radius 1 is 1.40 bits per heavy atom. The SMILES string of the molecule is FC(F)(F)c1cccnc1C#CCCBr. The number of nitrogens with zero attached hydrogens (tertiary/aromatic N) is 1. The minimum Gasteiger partial charge on any atom is -0.247 e. The van der Waals surface area contributed by atoms with Crippen LogP contribution in [0.15, 0.2) is 18.3 Å². The molecule has 0 bridgehead atoms. The molecule has 1 aromatic rings. The van der Waals surface area contributed by atoms with Crippen LogP contribution in [-0.4, -0.2) is 10.3 Å². The molecule has 80 valence electrons. The second-order valence-corrected chi connectivity index (χ2v) is 3.43. The fourth-order valence-corrected chi connectivity index (χ4v) is 1.13. The van der Waals surface area contributed by atoms with Gasteiger partial charge in [0.25, 0.3) is 0 Å². The van der Waals surface area contributed by atoms with Crippen LogP contribution in [0, 0.1) is 11.8 Å². The standard InChI is InChI=1S/C10H7BrF3N/c11-6-2-1-5-9-8(10(12,13)14)4-3-7-15-9/h3-4,7H,2,6H2. The second-order valence-electron chi connectivity index (χ2n) is 2.64. The lowest BCUT2D eigenvalue weighted by Gasteiger charge is -2.06. The highest BCUT2D eigenvalue weighted by Gasteiger charge is 2.33. The summed E-state index contributed by atoms with van der Waals surface area (Å²) in [5.74, 6) is 5.01. The van der Waals surface area contributed by atoms with Crippen LogP contribution in [0.4, 0.5) is 13.2 Å². The van der Waals surface area contributed by atoms with Crippen LogP contribution in [0.2, 0.25) is 0 Å². The first-order chi connectivity index (χ1) is 7.05. The Bertz CT molecular complexity index is 390. The van der Waals surface area contributed by atoms with Crippen molar-refractivity contribution in [1.82, 2.24) is 4.98 Å². The summed E-state index contributed by atoms with van der Waals surface area (Å²) < 4.78 is 37.3. The first-order valence-electron chi connectivity index (χ1n) is 4.12. The summed E-state index contributed by atoms with van der Waals surface area (Å²) >= 11 is 3.14. The molecule has 0 radical (unpaired) electrons. The molecule has 0 unspecified atom stereocenters. The first kappa shape index (κ1) is 12.1. The lowest BCUT2D eigenvalue weighted by atomic mass is 10.2. The van der Waals surface area contributed by atoms with Crippen LogP contribution in [0.3, 0.4) is 0 Å². The van der Waals surface area contributed by atoms with Gasteiger partial charge in [-0.05, 0) is 18.1 Å². The van der Waals surface area contributed by atoms with Crippen LogP contribution < -0.4 is 0 Å². The Morgan fingerprint density at radius 2 is 2.13 bits per heavy atom. The highest BCUT2D eigenvalue weighted by molar-refractivity contribution is 9.09. The van der Waals surface area contributed by atoms with Gasteiger partial charge in [0.15, 0.2) is 0 Å². The Balaban J connectivity index is 3.04. The lowest BCUT2D eigenvalue weighted by molar-refractivity contribution is -0.138. The van der Waals surface area contributed by atoms with Crippen LogP contribution in [0.1, 0.15) is 17.7 Å². The molecule has 0 amide bonds. The molecule has 0 aliphatic rings. The fraction of sp³-hybridized carbons (Fsp3) is 0.300. The van der Waals surface area contributed by atoms with Gasteiger partial charge in [0.2, 0.25) is 0 Å². The maximum absolute atomic E-state index is 12.4. The maximum Gasteiger partial charge on any atom is 0.419 e. The predicted molar refractivity (Wildman–Crippen MR) is 54.5 cm³/mol. The van der Waals surface area contributed by atoms with Crippen molar-refractivity contribution >= 4 is 15.9 Å². The molecule has 0 saturated carbocycles. The normalized spacial score (nSPS) is 10.7. The van der Waals surface area contributed by atoms with Crippen molar-refractivity contribution < 1.29 is 13.2 Å². The number of rotatable bonds is 1. The molecule has 0 saturated heterocycles. The summed E-state index contributed by atoms with van der Waals surface area (Å²) in [6, 6.07) is 2.23. The van der Waals surface area contributed by atoms with E-state index in [9.17, 15) is 13.2 Å². The molecule has 0 N–H and O–H groups in total. The number of halogens is 4. The van der Waals surface area contributed by atoms with E-state index in [4.69, 9.17) is 0 Å². The highest BCUT2D eigenvalue weighted by atomic mass is 79.9. The van der Waals surface area contributed by atoms with Gasteiger partial charge in [0, 0.05) is 17.9 Å². The molecule has 1 heterocycles. The van der Waals surface area contributed by atoms with Crippen molar-refractivity contribution in [2.24, 2.45) is 0 Å². The fourth-order valence-electron chi connectivity index (χ4n) is 0.927. The Morgan fingerprint density at radius 3 is 2.73 bits per heavy atom. The van der Waals surface area contributed by atoms with Gasteiger partial charge in [-0.1, -0.05) is 21.9 Å². The van der Waals surface area contributed by atoms with Crippen LogP contribution in [0.25, 0.3) is 0 Å². The zero-order valence-electron chi connectivity index (χ0n) is 7.61. The molecule has 0 aliphatic carbocycles. The summed E-state index contributed by atoms with van der Waals surface area (Å²) in [6.45, 7) is 0. The molecule has 0 aromatic carbocycles. The average molecular weight is 278 g/mol. The Labute approximate surface area is 93.8 Å². The third-order valence-corrected chi connectivity index (χ3v) is 1.94. The summed E-state index contributed by atoms with van der Waals surface area (Å²) in [5, 5.41) is 0.633. The van der Waals surface area contributed by atoms with Crippen molar-refractivity contribution in [2.75, 3.05) is 5.33 Å². The van der Waals surface area contributed by atoms with Crippen LogP contribution >= 0.6 is 15.9 Å². The lowest BCUT2D eigenvalue weighted by Crippen LogP contribution is -2.08. The van der Waals surface area contributed by atoms with Crippen molar-refractivity contribution in [3.8, 4) is 11.8 Å². The third kappa shape index (κ3) is 3.56. The van der Waals surface area contributed by atoms with Gasteiger partial charge < -0.3 is 0 Å². The van der Waals surface area contributed by atoms with E-state index in [1.807, 2.05) is 0 Å². The van der Waals surface area contributed by atoms with Gasteiger partial charge in [-0.3, -0.25) is 0 Å². The molecular weight excluding hydrogens is 271 g/mol. The van der Waals surface area contributed by atoms with Gasteiger partial charge in [-0.25, -0.2) is 4.98 Å². The molecule has 1 aromatic heterocycles. The minimum absolute atomic E-state index is 0.217. The highest BCUT2D eigenvalue weighted by Crippen LogP contribution is 2.30. The minimum atomic E-state index is -4.40. The number of alkyl halides is 4. The molecule has 0 aliphatic heterocycles. The smallest absolute Gasteiger partial charge is 0.247 e. The Kier molecular flexibility index (Phi) is 4.15. The van der Waals surface area contributed by atoms with Crippen molar-refractivity contribution in [3.63, 3.8) is 0 Å². The van der Waals surface area contributed by atoms with Crippen LogP contribution in [-0.2, 0) is 6.18 Å². The summed E-state index contributed by atoms with van der Waals surface area (Å²) in [7, 11) is 0. The molecule has 1 nitrogen and oxygen atoms in total. The summed E-state index contributed by atoms with van der Waals surface area (Å²) in [5.41, 5.74) is -1.00. The van der Waals surface area contributed by atoms with E-state index >= 15 is 0 Å². The largest absolute Gasteiger partial charge is 0.419 e. The van der Waals surface area contributed by atoms with E-state index in [1.165, 1.54) is 12.3 Å². The van der Waals surface area contributed by atoms with Gasteiger partial charge in [-0.2, -0.15) is 13.2 Å². The van der Waals surface area contributed by atoms with Gasteiger partial charge in [0.1, 0.15) is 5.69 Å². The van der Waals surface area contributed by atoms with Crippen molar-refractivity contribution in [3.05, 3.63) is 29.6 Å². The van der Waals surface area contributed by atoms with E-state index in [-0.39, 0.29) is 5.69 Å². The number of pyridine rings is 1. The summed E-state index contributed by atoms with van der Waals surface area (Å²) in [6.07, 6.45) is -2.60. The first-order valence-corrected chi connectivity index (χ1v) is 5.25. The quantitative estimate of drug-likeness (QED) is 0.567. The molecular formula is C10H7BrF3N. The van der Waals surface area contributed by atoms with Crippen molar-refractivity contribution in [1.29, 1.82) is 0 Å². The molecule has 0 spiro atoms. The van der Waals surface area contributed by atoms with E-state index < -0.39 is 11.7 Å². The summed E-state index contributed by atoms with van der Waals surface area (Å²) in [4.78, 5) is 3.61. The number of hydrogen-bond donors (Lipinski definition) is 0. The van der Waals surface area contributed by atoms with Crippen LogP contribution in [0.5, 0.6) is 0 Å². The third-order valence-electron chi connectivity index (χ3n) is 1.54. The molecule has 1 rings (SSSR count). The molecule has 0 atom stereocenters. The predicted octanol–water partition coefficient (Wildman–Crippen LogP) is 3.24. The van der Waals surface area contributed by atoms with Gasteiger partial charge in [0.05, 0.1) is 5.56 Å². The number of hydrogen-bond acceptors (Lipinski definition) is 1. The van der Waals surface area contributed by atoms with E-state index in [0.29, 0.717) is 11.8 Å². The maximum atomic E-state index is 12.4. The average Bonchev–Trinajstić information content (AvgIpc) is 2.17. The molecule has 15 heavy (non-hydrogen) atoms. The van der Waals surface area contributed by atoms with Gasteiger partial charge >= 0.3 is 6.18 Å². The number of aromatic nitrogens is 1. The zero-order chi connectivity index (χ0) is 11.3. The van der Waals surface area contributed by atoms with Gasteiger partial charge in [-0.15, -0.1) is 0 Å². The van der Waals surface area contributed by atoms with E-state index in [1.54, 1.807) is 0 Å². The van der Waals surface area contributed by atoms with Crippen molar-refractivity contribution in [2.45, 2.75) is 12.6 Å². The molecule has 5 heteroatoms. The monoisotopic (exact) mass is 277 g/mol. The van der Waals surface area contributed by atoms with E-state index in [2.05, 4.69) is 32.8 Å². The topological polar surface area (TPSA) is 12.9 Å². The zero-order valence-corrected chi connectivity index (χ0v) is 9.19. The molecule has 0 fully saturated rings. The van der Waals surface area contributed by atoms with E-state index in [0.717, 1.165) is 6.07 Å². The Hall–Kier alpha value is -1.02. The second kappa shape index (κ2) is 5.17.